The fraction of sp³-hybridized carbons (Fsp3) is 0.423. The fourth-order valence-electron chi connectivity index (χ4n) is 6.09. The van der Waals surface area contributed by atoms with Gasteiger partial charge in [0.2, 0.25) is 5.56 Å². The first-order chi connectivity index (χ1) is 15.6. The van der Waals surface area contributed by atoms with Crippen LogP contribution < -0.4 is 10.5 Å². The van der Waals surface area contributed by atoms with Crippen molar-refractivity contribution in [2.24, 2.45) is 10.8 Å². The van der Waals surface area contributed by atoms with E-state index >= 15 is 0 Å². The molecular formula is C26H29FN4O2. The molecule has 6 nitrogen and oxygen atoms in total. The van der Waals surface area contributed by atoms with Crippen LogP contribution in [0, 0.1) is 16.6 Å². The van der Waals surface area contributed by atoms with Crippen LogP contribution in [0.3, 0.4) is 0 Å². The molecule has 2 saturated carbocycles. The summed E-state index contributed by atoms with van der Waals surface area (Å²) in [4.78, 5) is 16.3. The molecule has 0 radical (unpaired) electrons. The van der Waals surface area contributed by atoms with Crippen molar-refractivity contribution in [3.8, 4) is 28.1 Å². The van der Waals surface area contributed by atoms with Crippen molar-refractivity contribution in [3.05, 3.63) is 58.8 Å². The second-order valence-corrected chi connectivity index (χ2v) is 10.5. The quantitative estimate of drug-likeness (QED) is 0.578. The van der Waals surface area contributed by atoms with Crippen molar-refractivity contribution in [2.75, 3.05) is 11.9 Å². The number of aromatic nitrogens is 3. The summed E-state index contributed by atoms with van der Waals surface area (Å²) in [6, 6.07) is 9.49. The number of phenolic OH excluding ortho intramolecular Hbond substituents is 1. The van der Waals surface area contributed by atoms with Crippen LogP contribution in [0.1, 0.15) is 46.0 Å². The van der Waals surface area contributed by atoms with E-state index in [0.29, 0.717) is 28.1 Å². The molecule has 2 aliphatic rings. The number of halogens is 1. The van der Waals surface area contributed by atoms with Crippen molar-refractivity contribution in [1.82, 2.24) is 15.2 Å². The number of H-pyrrole nitrogens is 1. The highest BCUT2D eigenvalue weighted by Crippen LogP contribution is 2.58. The third kappa shape index (κ3) is 4.01. The molecule has 2 bridgehead atoms. The molecule has 2 N–H and O–H groups in total. The van der Waals surface area contributed by atoms with Gasteiger partial charge in [-0.05, 0) is 78.8 Å². The summed E-state index contributed by atoms with van der Waals surface area (Å²) in [5, 5.41) is 19.3. The Kier molecular flexibility index (Phi) is 5.03. The Balaban J connectivity index is 1.40. The molecule has 0 spiro atoms. The first-order valence-electron chi connectivity index (χ1n) is 11.4. The molecule has 1 aromatic carbocycles. The maximum Gasteiger partial charge on any atom is 0.248 e. The summed E-state index contributed by atoms with van der Waals surface area (Å²) in [6.45, 7) is 4.80. The number of rotatable bonds is 4. The topological polar surface area (TPSA) is 82.1 Å². The molecule has 2 aromatic heterocycles. The van der Waals surface area contributed by atoms with Crippen molar-refractivity contribution >= 4 is 5.82 Å². The third-order valence-electron chi connectivity index (χ3n) is 7.65. The monoisotopic (exact) mass is 448 g/mol. The molecule has 0 saturated heterocycles. The summed E-state index contributed by atoms with van der Waals surface area (Å²) >= 11 is 0. The maximum atomic E-state index is 14.9. The van der Waals surface area contributed by atoms with Crippen molar-refractivity contribution < 1.29 is 9.50 Å². The smallest absolute Gasteiger partial charge is 0.248 e. The SMILES string of the molecule is CN(c1ccc(-c2cc(F)c(-c3cc[nH]c(=O)c3)cc2O)nn1)[C@H]1C[C@]2(C)CC[C@](C)(C1)C2. The zero-order valence-corrected chi connectivity index (χ0v) is 19.2. The van der Waals surface area contributed by atoms with Gasteiger partial charge in [0.15, 0.2) is 5.82 Å². The van der Waals surface area contributed by atoms with Gasteiger partial charge < -0.3 is 15.0 Å². The molecule has 3 atom stereocenters. The number of aromatic amines is 1. The Morgan fingerprint density at radius 1 is 1.06 bits per heavy atom. The van der Waals surface area contributed by atoms with Gasteiger partial charge in [0.1, 0.15) is 11.6 Å². The van der Waals surface area contributed by atoms with E-state index in [4.69, 9.17) is 0 Å². The number of phenols is 1. The normalized spacial score (nSPS) is 26.4. The lowest BCUT2D eigenvalue weighted by Crippen LogP contribution is -2.42. The molecule has 172 valence electrons. The van der Waals surface area contributed by atoms with Gasteiger partial charge in [0.25, 0.3) is 0 Å². The van der Waals surface area contributed by atoms with Crippen LogP contribution in [0.4, 0.5) is 10.2 Å². The minimum atomic E-state index is -0.546. The van der Waals surface area contributed by atoms with Crippen molar-refractivity contribution in [1.29, 1.82) is 0 Å². The standard InChI is InChI=1S/C26H29FN4O2/c1-25-7-8-26(2,15-25)14-17(13-25)31(3)23-5-4-21(29-30-23)19-11-20(27)18(12-22(19)32)16-6-9-28-24(33)10-16/h4-6,9-12,17,32H,7-8,13-15H2,1-3H3,(H,28,33)/t17-,25-,26+. The van der Waals surface area contributed by atoms with Crippen LogP contribution in [0.25, 0.3) is 22.4 Å². The maximum absolute atomic E-state index is 14.9. The van der Waals surface area contributed by atoms with E-state index in [9.17, 15) is 14.3 Å². The van der Waals surface area contributed by atoms with Gasteiger partial charge in [0.05, 0.1) is 5.69 Å². The number of aromatic hydroxyl groups is 1. The Labute approximate surface area is 192 Å². The molecule has 2 aliphatic carbocycles. The molecule has 5 rings (SSSR count). The highest BCUT2D eigenvalue weighted by molar-refractivity contribution is 5.74. The van der Waals surface area contributed by atoms with Crippen LogP contribution in [0.2, 0.25) is 0 Å². The zero-order valence-electron chi connectivity index (χ0n) is 19.2. The second kappa shape index (κ2) is 7.68. The lowest BCUT2D eigenvalue weighted by Gasteiger charge is -2.44. The largest absolute Gasteiger partial charge is 0.507 e. The van der Waals surface area contributed by atoms with E-state index in [1.807, 2.05) is 6.07 Å². The van der Waals surface area contributed by atoms with Crippen LogP contribution in [-0.4, -0.2) is 33.4 Å². The zero-order chi connectivity index (χ0) is 23.4. The number of hydrogen-bond acceptors (Lipinski definition) is 5. The lowest BCUT2D eigenvalue weighted by atomic mass is 9.68. The van der Waals surface area contributed by atoms with Crippen molar-refractivity contribution in [3.63, 3.8) is 0 Å². The van der Waals surface area contributed by atoms with E-state index in [-0.39, 0.29) is 22.4 Å². The highest BCUT2D eigenvalue weighted by atomic mass is 19.1. The van der Waals surface area contributed by atoms with E-state index in [1.54, 1.807) is 12.1 Å². The van der Waals surface area contributed by atoms with Gasteiger partial charge in [-0.3, -0.25) is 4.79 Å². The van der Waals surface area contributed by atoms with Crippen LogP contribution in [0.15, 0.2) is 47.4 Å². The average molecular weight is 449 g/mol. The summed E-state index contributed by atoms with van der Waals surface area (Å²) < 4.78 is 14.9. The van der Waals surface area contributed by atoms with Gasteiger partial charge in [-0.1, -0.05) is 13.8 Å². The molecule has 33 heavy (non-hydrogen) atoms. The molecule has 0 aliphatic heterocycles. The van der Waals surface area contributed by atoms with Crippen LogP contribution >= 0.6 is 0 Å². The predicted molar refractivity (Wildman–Crippen MR) is 127 cm³/mol. The van der Waals surface area contributed by atoms with Crippen LogP contribution in [0.5, 0.6) is 5.75 Å². The summed E-state index contributed by atoms with van der Waals surface area (Å²) in [6.07, 6.45) is 7.62. The summed E-state index contributed by atoms with van der Waals surface area (Å²) in [5.74, 6) is 0.111. The second-order valence-electron chi connectivity index (χ2n) is 10.5. The summed E-state index contributed by atoms with van der Waals surface area (Å²) in [5.41, 5.74) is 1.66. The average Bonchev–Trinajstić information content (AvgIpc) is 3.01. The first kappa shape index (κ1) is 21.6. The fourth-order valence-corrected chi connectivity index (χ4v) is 6.09. The number of hydrogen-bond donors (Lipinski definition) is 2. The van der Waals surface area contributed by atoms with Gasteiger partial charge >= 0.3 is 0 Å². The molecule has 2 heterocycles. The number of nitrogens with one attached hydrogen (secondary N) is 1. The lowest BCUT2D eigenvalue weighted by molar-refractivity contribution is 0.148. The Hall–Kier alpha value is -3.22. The molecule has 3 aromatic rings. The number of benzene rings is 1. The molecular weight excluding hydrogens is 419 g/mol. The Bertz CT molecular complexity index is 1240. The number of pyridine rings is 1. The molecule has 0 amide bonds. The minimum Gasteiger partial charge on any atom is -0.507 e. The molecule has 0 unspecified atom stereocenters. The minimum absolute atomic E-state index is 0.119. The van der Waals surface area contributed by atoms with Gasteiger partial charge in [0, 0.05) is 36.5 Å². The molecule has 7 heteroatoms. The number of fused-ring (bicyclic) bond motifs is 2. The van der Waals surface area contributed by atoms with E-state index in [2.05, 4.69) is 41.0 Å². The Morgan fingerprint density at radius 3 is 2.42 bits per heavy atom. The predicted octanol–water partition coefficient (Wildman–Crippen LogP) is 5.14. The van der Waals surface area contributed by atoms with Gasteiger partial charge in [-0.2, -0.15) is 0 Å². The highest BCUT2D eigenvalue weighted by Gasteiger charge is 2.50. The third-order valence-corrected chi connectivity index (χ3v) is 7.65. The number of nitrogens with zero attached hydrogens (tertiary/aromatic N) is 3. The van der Waals surface area contributed by atoms with Crippen LogP contribution in [-0.2, 0) is 0 Å². The van der Waals surface area contributed by atoms with Gasteiger partial charge in [-0.25, -0.2) is 4.39 Å². The van der Waals surface area contributed by atoms with E-state index in [1.165, 1.54) is 43.7 Å². The summed E-state index contributed by atoms with van der Waals surface area (Å²) in [7, 11) is 2.07. The first-order valence-corrected chi connectivity index (χ1v) is 11.4. The molecule has 2 fully saturated rings. The number of anilines is 1. The van der Waals surface area contributed by atoms with Crippen molar-refractivity contribution in [2.45, 2.75) is 52.0 Å². The van der Waals surface area contributed by atoms with E-state index in [0.717, 1.165) is 18.7 Å². The van der Waals surface area contributed by atoms with E-state index < -0.39 is 5.82 Å². The van der Waals surface area contributed by atoms with Gasteiger partial charge in [-0.15, -0.1) is 10.2 Å². The Morgan fingerprint density at radius 2 is 1.79 bits per heavy atom.